The molecular weight excluding hydrogens is 496 g/mol. The zero-order chi connectivity index (χ0) is 27.0. The molecule has 0 atom stereocenters. The number of ether oxygens (including phenoxy) is 2. The number of thiocarbonyl (C=S) groups is 1. The monoisotopic (exact) mass is 538 g/mol. The summed E-state index contributed by atoms with van der Waals surface area (Å²) in [7, 11) is 3.24. The molecule has 2 N–H and O–H groups in total. The van der Waals surface area contributed by atoms with Gasteiger partial charge in [0.05, 0.1) is 20.8 Å². The lowest BCUT2D eigenvalue weighted by molar-refractivity contribution is -0.120. The number of hydrogen-bond acceptors (Lipinski definition) is 5. The molecule has 2 fully saturated rings. The molecule has 1 saturated heterocycles. The van der Waals surface area contributed by atoms with Gasteiger partial charge in [-0.2, -0.15) is 0 Å². The Balaban J connectivity index is 1.25. The van der Waals surface area contributed by atoms with Crippen LogP contribution in [0.25, 0.3) is 0 Å². The number of aryl methyl sites for hydroxylation is 1. The van der Waals surface area contributed by atoms with Gasteiger partial charge in [0.2, 0.25) is 5.91 Å². The lowest BCUT2D eigenvalue weighted by atomic mass is 9.78. The molecule has 1 aliphatic heterocycles. The van der Waals surface area contributed by atoms with Crippen molar-refractivity contribution in [1.29, 1.82) is 0 Å². The van der Waals surface area contributed by atoms with E-state index in [4.69, 9.17) is 21.7 Å². The maximum atomic E-state index is 12.5. The molecule has 0 radical (unpaired) electrons. The maximum absolute atomic E-state index is 12.5. The van der Waals surface area contributed by atoms with Gasteiger partial charge in [0.25, 0.3) is 0 Å². The summed E-state index contributed by atoms with van der Waals surface area (Å²) < 4.78 is 10.7. The summed E-state index contributed by atoms with van der Waals surface area (Å²) in [5.41, 5.74) is 3.90. The van der Waals surface area contributed by atoms with E-state index < -0.39 is 0 Å². The SMILES string of the molecule is COc1ccc(CCNC(=O)CNC(=S)N2CCN(Cc3ccc(C)cc3)C3(CCCCC3)C2)cc1OC. The Morgan fingerprint density at radius 2 is 1.66 bits per heavy atom. The van der Waals surface area contributed by atoms with Gasteiger partial charge in [-0.05, 0) is 61.7 Å². The number of amides is 1. The average molecular weight is 539 g/mol. The second-order valence-electron chi connectivity index (χ2n) is 10.6. The van der Waals surface area contributed by atoms with E-state index >= 15 is 0 Å². The Bertz CT molecular complexity index is 1090. The summed E-state index contributed by atoms with van der Waals surface area (Å²) in [4.78, 5) is 17.5. The molecular formula is C30H42N4O3S. The molecule has 206 valence electrons. The predicted molar refractivity (Wildman–Crippen MR) is 156 cm³/mol. The van der Waals surface area contributed by atoms with Crippen molar-refractivity contribution in [3.63, 3.8) is 0 Å². The summed E-state index contributed by atoms with van der Waals surface area (Å²) in [6, 6.07) is 14.7. The number of methoxy groups -OCH3 is 2. The quantitative estimate of drug-likeness (QED) is 0.467. The molecule has 1 saturated carbocycles. The molecule has 1 spiro atoms. The topological polar surface area (TPSA) is 66.1 Å². The average Bonchev–Trinajstić information content (AvgIpc) is 2.94. The van der Waals surface area contributed by atoms with E-state index in [9.17, 15) is 4.79 Å². The van der Waals surface area contributed by atoms with Crippen LogP contribution < -0.4 is 20.1 Å². The largest absolute Gasteiger partial charge is 0.493 e. The third-order valence-corrected chi connectivity index (χ3v) is 8.35. The van der Waals surface area contributed by atoms with Crippen LogP contribution in [0.5, 0.6) is 11.5 Å². The van der Waals surface area contributed by atoms with Gasteiger partial charge in [-0.3, -0.25) is 9.69 Å². The molecule has 4 rings (SSSR count). The van der Waals surface area contributed by atoms with E-state index in [1.807, 2.05) is 18.2 Å². The van der Waals surface area contributed by atoms with Gasteiger partial charge in [0.15, 0.2) is 16.6 Å². The summed E-state index contributed by atoms with van der Waals surface area (Å²) in [6.45, 7) is 6.62. The summed E-state index contributed by atoms with van der Waals surface area (Å²) in [6.07, 6.45) is 6.96. The number of benzene rings is 2. The van der Waals surface area contributed by atoms with Crippen LogP contribution in [0.15, 0.2) is 42.5 Å². The Morgan fingerprint density at radius 3 is 2.37 bits per heavy atom. The minimum atomic E-state index is -0.0572. The molecule has 0 bridgehead atoms. The molecule has 2 aromatic carbocycles. The molecule has 7 nitrogen and oxygen atoms in total. The van der Waals surface area contributed by atoms with Crippen LogP contribution in [0.2, 0.25) is 0 Å². The predicted octanol–water partition coefficient (Wildman–Crippen LogP) is 4.07. The van der Waals surface area contributed by atoms with Crippen molar-refractivity contribution in [3.05, 3.63) is 59.2 Å². The minimum absolute atomic E-state index is 0.0572. The van der Waals surface area contributed by atoms with E-state index in [-0.39, 0.29) is 18.0 Å². The number of carbonyl (C=O) groups is 1. The van der Waals surface area contributed by atoms with Crippen LogP contribution in [-0.4, -0.2) is 73.3 Å². The van der Waals surface area contributed by atoms with Crippen molar-refractivity contribution in [2.75, 3.05) is 46.9 Å². The number of piperazine rings is 1. The van der Waals surface area contributed by atoms with Crippen LogP contribution >= 0.6 is 12.2 Å². The lowest BCUT2D eigenvalue weighted by Gasteiger charge is -2.53. The van der Waals surface area contributed by atoms with Crippen molar-refractivity contribution < 1.29 is 14.3 Å². The van der Waals surface area contributed by atoms with Crippen molar-refractivity contribution in [2.24, 2.45) is 0 Å². The van der Waals surface area contributed by atoms with E-state index in [0.717, 1.165) is 31.7 Å². The summed E-state index contributed by atoms with van der Waals surface area (Å²) >= 11 is 5.76. The minimum Gasteiger partial charge on any atom is -0.493 e. The third kappa shape index (κ3) is 7.17. The van der Waals surface area contributed by atoms with Crippen LogP contribution in [0.4, 0.5) is 0 Å². The molecule has 0 aromatic heterocycles. The van der Waals surface area contributed by atoms with Gasteiger partial charge in [-0.25, -0.2) is 0 Å². The second kappa shape index (κ2) is 13.3. The highest BCUT2D eigenvalue weighted by atomic mass is 32.1. The van der Waals surface area contributed by atoms with Gasteiger partial charge in [-0.1, -0.05) is 55.2 Å². The first kappa shape index (κ1) is 28.2. The second-order valence-corrected chi connectivity index (χ2v) is 10.9. The van der Waals surface area contributed by atoms with Gasteiger partial charge < -0.3 is 25.0 Å². The van der Waals surface area contributed by atoms with Crippen LogP contribution in [-0.2, 0) is 17.8 Å². The smallest absolute Gasteiger partial charge is 0.239 e. The highest BCUT2D eigenvalue weighted by Gasteiger charge is 2.42. The highest BCUT2D eigenvalue weighted by molar-refractivity contribution is 7.80. The first-order valence-corrected chi connectivity index (χ1v) is 14.1. The van der Waals surface area contributed by atoms with Crippen LogP contribution in [0, 0.1) is 6.92 Å². The normalized spacial score (nSPS) is 17.2. The molecule has 2 aromatic rings. The van der Waals surface area contributed by atoms with E-state index in [1.165, 1.54) is 43.2 Å². The Morgan fingerprint density at radius 1 is 0.947 bits per heavy atom. The Kier molecular flexibility index (Phi) is 9.86. The van der Waals surface area contributed by atoms with Gasteiger partial charge >= 0.3 is 0 Å². The van der Waals surface area contributed by atoms with Crippen LogP contribution in [0.3, 0.4) is 0 Å². The number of nitrogens with one attached hydrogen (secondary N) is 2. The Labute approximate surface area is 232 Å². The standard InChI is InChI=1S/C30H42N4O3S/c1-23-7-9-25(10-8-23)21-34-18-17-33(22-30(34)14-5-4-6-15-30)29(38)32-20-28(35)31-16-13-24-11-12-26(36-2)27(19-24)37-3/h7-12,19H,4-6,13-18,20-22H2,1-3H3,(H,31,35)(H,32,38). The molecule has 0 unspecified atom stereocenters. The highest BCUT2D eigenvalue weighted by Crippen LogP contribution is 2.37. The van der Waals surface area contributed by atoms with E-state index in [1.54, 1.807) is 14.2 Å². The Hall–Kier alpha value is -2.84. The fourth-order valence-electron chi connectivity index (χ4n) is 5.74. The van der Waals surface area contributed by atoms with Gasteiger partial charge in [0, 0.05) is 38.3 Å². The van der Waals surface area contributed by atoms with Crippen molar-refractivity contribution in [1.82, 2.24) is 20.4 Å². The zero-order valence-corrected chi connectivity index (χ0v) is 23.9. The van der Waals surface area contributed by atoms with E-state index in [0.29, 0.717) is 29.6 Å². The summed E-state index contributed by atoms with van der Waals surface area (Å²) in [5.74, 6) is 1.33. The molecule has 8 heteroatoms. The van der Waals surface area contributed by atoms with Crippen LogP contribution in [0.1, 0.15) is 48.8 Å². The van der Waals surface area contributed by atoms with E-state index in [2.05, 4.69) is 51.6 Å². The maximum Gasteiger partial charge on any atom is 0.239 e. The number of hydrogen-bond donors (Lipinski definition) is 2. The molecule has 1 heterocycles. The fourth-order valence-corrected chi connectivity index (χ4v) is 5.97. The third-order valence-electron chi connectivity index (χ3n) is 7.95. The first-order chi connectivity index (χ1) is 18.4. The first-order valence-electron chi connectivity index (χ1n) is 13.7. The van der Waals surface area contributed by atoms with Crippen molar-refractivity contribution in [2.45, 2.75) is 57.5 Å². The fraction of sp³-hybridized carbons (Fsp3) is 0.533. The number of rotatable bonds is 9. The van der Waals surface area contributed by atoms with Gasteiger partial charge in [-0.15, -0.1) is 0 Å². The summed E-state index contributed by atoms with van der Waals surface area (Å²) in [5, 5.41) is 6.89. The van der Waals surface area contributed by atoms with Gasteiger partial charge in [0.1, 0.15) is 0 Å². The molecule has 38 heavy (non-hydrogen) atoms. The lowest BCUT2D eigenvalue weighted by Crippen LogP contribution is -2.64. The number of carbonyl (C=O) groups excluding carboxylic acids is 1. The number of nitrogens with zero attached hydrogens (tertiary/aromatic N) is 2. The molecule has 2 aliphatic rings. The van der Waals surface area contributed by atoms with Crippen molar-refractivity contribution >= 4 is 23.2 Å². The van der Waals surface area contributed by atoms with Crippen molar-refractivity contribution in [3.8, 4) is 11.5 Å². The zero-order valence-electron chi connectivity index (χ0n) is 23.1. The molecule has 1 amide bonds. The molecule has 1 aliphatic carbocycles.